The van der Waals surface area contributed by atoms with E-state index < -0.39 is 0 Å². The van der Waals surface area contributed by atoms with E-state index in [0.29, 0.717) is 0 Å². The molecule has 0 atom stereocenters. The summed E-state index contributed by atoms with van der Waals surface area (Å²) in [7, 11) is 0. The second-order valence-electron chi connectivity index (χ2n) is 3.98. The molecule has 0 heteroatoms. The van der Waals surface area contributed by atoms with Crippen molar-refractivity contribution < 1.29 is 0 Å². The molecule has 0 nitrogen and oxygen atoms in total. The number of benzene rings is 1. The van der Waals surface area contributed by atoms with Crippen LogP contribution in [-0.4, -0.2) is 0 Å². The highest BCUT2D eigenvalue weighted by Gasteiger charge is 1.86. The molecule has 80 valence electrons. The molecule has 0 fully saturated rings. The maximum atomic E-state index is 3.23. The molecular weight excluding hydrogens is 180 g/mol. The van der Waals surface area contributed by atoms with Crippen molar-refractivity contribution in [2.75, 3.05) is 0 Å². The average molecular weight is 200 g/mol. The second kappa shape index (κ2) is 7.12. The van der Waals surface area contributed by atoms with Crippen molar-refractivity contribution in [3.8, 4) is 11.8 Å². The molecule has 1 aromatic rings. The number of aryl methyl sites for hydroxylation is 1. The third-order valence-corrected chi connectivity index (χ3v) is 2.44. The zero-order chi connectivity index (χ0) is 10.9. The van der Waals surface area contributed by atoms with E-state index in [1.807, 2.05) is 0 Å². The summed E-state index contributed by atoms with van der Waals surface area (Å²) in [4.78, 5) is 0. The molecule has 0 saturated carbocycles. The first-order valence-electron chi connectivity index (χ1n) is 5.88. The van der Waals surface area contributed by atoms with Crippen molar-refractivity contribution in [3.05, 3.63) is 35.4 Å². The van der Waals surface area contributed by atoms with Crippen LogP contribution in [0.25, 0.3) is 0 Å². The molecule has 0 aromatic heterocycles. The molecular formula is C15H20. The number of hydrogen-bond acceptors (Lipinski definition) is 0. The Morgan fingerprint density at radius 2 is 1.73 bits per heavy atom. The van der Waals surface area contributed by atoms with Crippen LogP contribution in [0.15, 0.2) is 24.3 Å². The highest BCUT2D eigenvalue weighted by atomic mass is 13.9. The molecule has 0 N–H and O–H groups in total. The molecule has 0 radical (unpaired) electrons. The van der Waals surface area contributed by atoms with Gasteiger partial charge in [-0.3, -0.25) is 0 Å². The maximum Gasteiger partial charge on any atom is 0.0245 e. The van der Waals surface area contributed by atoms with Gasteiger partial charge in [0.2, 0.25) is 0 Å². The summed E-state index contributed by atoms with van der Waals surface area (Å²) >= 11 is 0. The van der Waals surface area contributed by atoms with E-state index in [0.717, 1.165) is 12.0 Å². The molecule has 0 unspecified atom stereocenters. The van der Waals surface area contributed by atoms with E-state index in [4.69, 9.17) is 0 Å². The predicted octanol–water partition coefficient (Wildman–Crippen LogP) is 4.32. The topological polar surface area (TPSA) is 0 Å². The van der Waals surface area contributed by atoms with Gasteiger partial charge in [-0.25, -0.2) is 0 Å². The Kier molecular flexibility index (Phi) is 5.63. The molecule has 15 heavy (non-hydrogen) atoms. The van der Waals surface area contributed by atoms with Crippen LogP contribution in [0.2, 0.25) is 0 Å². The van der Waals surface area contributed by atoms with Crippen LogP contribution in [0.5, 0.6) is 0 Å². The van der Waals surface area contributed by atoms with Crippen LogP contribution in [0, 0.1) is 18.8 Å². The third-order valence-electron chi connectivity index (χ3n) is 2.44. The summed E-state index contributed by atoms with van der Waals surface area (Å²) < 4.78 is 0. The lowest BCUT2D eigenvalue weighted by Crippen LogP contribution is -1.76. The highest BCUT2D eigenvalue weighted by molar-refractivity contribution is 5.35. The lowest BCUT2D eigenvalue weighted by atomic mass is 10.1. The first-order chi connectivity index (χ1) is 7.33. The van der Waals surface area contributed by atoms with Crippen LogP contribution < -0.4 is 0 Å². The van der Waals surface area contributed by atoms with Crippen molar-refractivity contribution in [1.29, 1.82) is 0 Å². The summed E-state index contributed by atoms with van der Waals surface area (Å²) in [6, 6.07) is 8.41. The molecule has 0 bridgehead atoms. The first-order valence-corrected chi connectivity index (χ1v) is 5.88. The fourth-order valence-electron chi connectivity index (χ4n) is 1.44. The Morgan fingerprint density at radius 1 is 1.00 bits per heavy atom. The smallest absolute Gasteiger partial charge is 0.0245 e. The Morgan fingerprint density at radius 3 is 2.40 bits per heavy atom. The molecule has 1 rings (SSSR count). The minimum atomic E-state index is 1.04. The van der Waals surface area contributed by atoms with Gasteiger partial charge in [-0.15, -0.1) is 0 Å². The molecule has 0 amide bonds. The Hall–Kier alpha value is -1.22. The standard InChI is InChI=1S/C15H20/c1-3-4-5-6-7-8-9-15-12-10-14(2)11-13-15/h10-13H,3-7H2,1-2H3. The van der Waals surface area contributed by atoms with Crippen molar-refractivity contribution in [3.63, 3.8) is 0 Å². The Bertz CT molecular complexity index is 321. The SMILES string of the molecule is CCCCCCC#Cc1ccc(C)cc1. The van der Waals surface area contributed by atoms with E-state index in [9.17, 15) is 0 Å². The van der Waals surface area contributed by atoms with Gasteiger partial charge in [0, 0.05) is 12.0 Å². The van der Waals surface area contributed by atoms with Gasteiger partial charge >= 0.3 is 0 Å². The summed E-state index contributed by atoms with van der Waals surface area (Å²) in [5.74, 6) is 6.43. The van der Waals surface area contributed by atoms with Crippen molar-refractivity contribution >= 4 is 0 Å². The zero-order valence-electron chi connectivity index (χ0n) is 9.84. The monoisotopic (exact) mass is 200 g/mol. The van der Waals surface area contributed by atoms with Crippen molar-refractivity contribution in [1.82, 2.24) is 0 Å². The third kappa shape index (κ3) is 5.27. The van der Waals surface area contributed by atoms with E-state index in [1.165, 1.54) is 31.2 Å². The second-order valence-corrected chi connectivity index (χ2v) is 3.98. The largest absolute Gasteiger partial charge is 0.0979 e. The minimum Gasteiger partial charge on any atom is -0.0979 e. The lowest BCUT2D eigenvalue weighted by molar-refractivity contribution is 0.679. The molecule has 0 heterocycles. The van der Waals surface area contributed by atoms with E-state index >= 15 is 0 Å². The van der Waals surface area contributed by atoms with Crippen molar-refractivity contribution in [2.45, 2.75) is 46.0 Å². The van der Waals surface area contributed by atoms with E-state index in [-0.39, 0.29) is 0 Å². The average Bonchev–Trinajstić information content (AvgIpc) is 2.26. The number of rotatable bonds is 4. The van der Waals surface area contributed by atoms with Gasteiger partial charge in [0.05, 0.1) is 0 Å². The van der Waals surface area contributed by atoms with E-state index in [1.54, 1.807) is 0 Å². The van der Waals surface area contributed by atoms with Crippen LogP contribution >= 0.6 is 0 Å². The van der Waals surface area contributed by atoms with Crippen molar-refractivity contribution in [2.24, 2.45) is 0 Å². The molecule has 0 spiro atoms. The molecule has 0 aliphatic carbocycles. The van der Waals surface area contributed by atoms with Gasteiger partial charge in [0.15, 0.2) is 0 Å². The summed E-state index contributed by atoms with van der Waals surface area (Å²) in [5.41, 5.74) is 2.43. The zero-order valence-corrected chi connectivity index (χ0v) is 9.84. The van der Waals surface area contributed by atoms with Crippen LogP contribution in [-0.2, 0) is 0 Å². The van der Waals surface area contributed by atoms with Gasteiger partial charge in [0.25, 0.3) is 0 Å². The minimum absolute atomic E-state index is 1.04. The fourth-order valence-corrected chi connectivity index (χ4v) is 1.44. The maximum absolute atomic E-state index is 3.23. The Labute approximate surface area is 93.7 Å². The summed E-state index contributed by atoms with van der Waals surface area (Å²) in [6.45, 7) is 4.33. The lowest BCUT2D eigenvalue weighted by Gasteiger charge is -1.93. The molecule has 0 saturated heterocycles. The Balaban J connectivity index is 2.28. The van der Waals surface area contributed by atoms with Gasteiger partial charge < -0.3 is 0 Å². The molecule has 1 aromatic carbocycles. The summed E-state index contributed by atoms with van der Waals surface area (Å²) in [5, 5.41) is 0. The quantitative estimate of drug-likeness (QED) is 0.501. The molecule has 0 aliphatic rings. The van der Waals surface area contributed by atoms with Gasteiger partial charge in [-0.1, -0.05) is 55.7 Å². The highest BCUT2D eigenvalue weighted by Crippen LogP contribution is 2.03. The summed E-state index contributed by atoms with van der Waals surface area (Å²) in [6.07, 6.45) is 6.23. The first kappa shape index (κ1) is 11.9. The predicted molar refractivity (Wildman–Crippen MR) is 66.8 cm³/mol. The van der Waals surface area contributed by atoms with Crippen LogP contribution in [0.1, 0.15) is 50.2 Å². The fraction of sp³-hybridized carbons (Fsp3) is 0.467. The molecule has 0 aliphatic heterocycles. The number of hydrogen-bond donors (Lipinski definition) is 0. The van der Waals surface area contributed by atoms with E-state index in [2.05, 4.69) is 50.0 Å². The van der Waals surface area contributed by atoms with Gasteiger partial charge in [0.1, 0.15) is 0 Å². The normalized spacial score (nSPS) is 9.47. The van der Waals surface area contributed by atoms with Gasteiger partial charge in [-0.05, 0) is 25.5 Å². The van der Waals surface area contributed by atoms with Crippen LogP contribution in [0.4, 0.5) is 0 Å². The number of unbranched alkanes of at least 4 members (excludes halogenated alkanes) is 4. The van der Waals surface area contributed by atoms with Gasteiger partial charge in [-0.2, -0.15) is 0 Å². The van der Waals surface area contributed by atoms with Crippen LogP contribution in [0.3, 0.4) is 0 Å².